The Labute approximate surface area is 129 Å². The average molecular weight is 300 g/mol. The molecule has 1 aliphatic rings. The monoisotopic (exact) mass is 300 g/mol. The summed E-state index contributed by atoms with van der Waals surface area (Å²) in [6.45, 7) is 3.52. The number of hydrogen-bond acceptors (Lipinski definition) is 4. The van der Waals surface area contributed by atoms with Gasteiger partial charge in [-0.05, 0) is 43.0 Å². The standard InChI is InChI=1S/C17H20N2O3/c1-12-7-13(8-14(11-20)17(12)21-2)15-9-18-19(10-15)16-3-5-22-6-4-16/h7-11,16H,3-6H2,1-2H3. The molecule has 0 amide bonds. The molecule has 0 aliphatic carbocycles. The molecule has 1 aromatic carbocycles. The third kappa shape index (κ3) is 2.76. The van der Waals surface area contributed by atoms with E-state index in [4.69, 9.17) is 9.47 Å². The van der Waals surface area contributed by atoms with Crippen LogP contribution in [-0.4, -0.2) is 36.4 Å². The summed E-state index contributed by atoms with van der Waals surface area (Å²) in [5.41, 5.74) is 3.51. The van der Waals surface area contributed by atoms with Gasteiger partial charge in [0.25, 0.3) is 0 Å². The third-order valence-corrected chi connectivity index (χ3v) is 4.13. The number of methoxy groups -OCH3 is 1. The first-order valence-corrected chi connectivity index (χ1v) is 7.49. The fourth-order valence-electron chi connectivity index (χ4n) is 2.97. The van der Waals surface area contributed by atoms with Crippen molar-refractivity contribution in [2.24, 2.45) is 0 Å². The first kappa shape index (κ1) is 14.8. The Bertz CT molecular complexity index is 673. The Balaban J connectivity index is 1.92. The van der Waals surface area contributed by atoms with Crippen molar-refractivity contribution < 1.29 is 14.3 Å². The molecule has 3 rings (SSSR count). The number of rotatable bonds is 4. The maximum Gasteiger partial charge on any atom is 0.153 e. The van der Waals surface area contributed by atoms with E-state index in [1.807, 2.05) is 36.1 Å². The zero-order valence-electron chi connectivity index (χ0n) is 12.9. The molecule has 0 saturated carbocycles. The van der Waals surface area contributed by atoms with Gasteiger partial charge in [0.2, 0.25) is 0 Å². The van der Waals surface area contributed by atoms with E-state index in [1.165, 1.54) is 0 Å². The lowest BCUT2D eigenvalue weighted by atomic mass is 10.0. The maximum absolute atomic E-state index is 11.3. The van der Waals surface area contributed by atoms with Crippen molar-refractivity contribution in [2.75, 3.05) is 20.3 Å². The van der Waals surface area contributed by atoms with E-state index >= 15 is 0 Å². The van der Waals surface area contributed by atoms with Gasteiger partial charge in [-0.3, -0.25) is 9.48 Å². The largest absolute Gasteiger partial charge is 0.496 e. The number of aryl methyl sites for hydroxylation is 1. The number of hydrogen-bond donors (Lipinski definition) is 0. The smallest absolute Gasteiger partial charge is 0.153 e. The molecule has 0 atom stereocenters. The predicted octanol–water partition coefficient (Wildman–Crippen LogP) is 3.03. The summed E-state index contributed by atoms with van der Waals surface area (Å²) in [6, 6.07) is 4.27. The van der Waals surface area contributed by atoms with Gasteiger partial charge in [-0.2, -0.15) is 5.10 Å². The van der Waals surface area contributed by atoms with Crippen LogP contribution in [0, 0.1) is 6.92 Å². The summed E-state index contributed by atoms with van der Waals surface area (Å²) < 4.78 is 12.7. The van der Waals surface area contributed by atoms with E-state index in [1.54, 1.807) is 7.11 Å². The first-order chi connectivity index (χ1) is 10.7. The Morgan fingerprint density at radius 1 is 1.32 bits per heavy atom. The van der Waals surface area contributed by atoms with Crippen LogP contribution >= 0.6 is 0 Å². The van der Waals surface area contributed by atoms with Gasteiger partial charge < -0.3 is 9.47 Å². The van der Waals surface area contributed by atoms with Crippen molar-refractivity contribution in [1.82, 2.24) is 9.78 Å². The zero-order chi connectivity index (χ0) is 15.5. The lowest BCUT2D eigenvalue weighted by Crippen LogP contribution is -2.19. The number of aromatic nitrogens is 2. The molecule has 116 valence electrons. The number of benzene rings is 1. The van der Waals surface area contributed by atoms with E-state index in [0.29, 0.717) is 17.4 Å². The average Bonchev–Trinajstić information content (AvgIpc) is 3.05. The minimum Gasteiger partial charge on any atom is -0.496 e. The summed E-state index contributed by atoms with van der Waals surface area (Å²) in [5.74, 6) is 0.635. The van der Waals surface area contributed by atoms with Crippen LogP contribution in [-0.2, 0) is 4.74 Å². The molecule has 0 spiro atoms. The van der Waals surface area contributed by atoms with Gasteiger partial charge in [-0.15, -0.1) is 0 Å². The molecule has 2 heterocycles. The highest BCUT2D eigenvalue weighted by Crippen LogP contribution is 2.30. The lowest BCUT2D eigenvalue weighted by Gasteiger charge is -2.22. The minimum atomic E-state index is 0.396. The fraction of sp³-hybridized carbons (Fsp3) is 0.412. The number of carbonyl (C=O) groups excluding carboxylic acids is 1. The fourth-order valence-corrected chi connectivity index (χ4v) is 2.97. The van der Waals surface area contributed by atoms with Crippen LogP contribution in [0.5, 0.6) is 5.75 Å². The number of aldehydes is 1. The predicted molar refractivity (Wildman–Crippen MR) is 83.4 cm³/mol. The molecule has 2 aromatic rings. The van der Waals surface area contributed by atoms with Gasteiger partial charge in [0.05, 0.1) is 24.9 Å². The van der Waals surface area contributed by atoms with Crippen molar-refractivity contribution in [3.8, 4) is 16.9 Å². The Hall–Kier alpha value is -2.14. The van der Waals surface area contributed by atoms with Gasteiger partial charge in [0.1, 0.15) is 5.75 Å². The molecule has 0 unspecified atom stereocenters. The highest BCUT2D eigenvalue weighted by Gasteiger charge is 2.17. The highest BCUT2D eigenvalue weighted by molar-refractivity contribution is 5.84. The quantitative estimate of drug-likeness (QED) is 0.814. The summed E-state index contributed by atoms with van der Waals surface area (Å²) in [5, 5.41) is 4.49. The molecule has 5 heteroatoms. The second kappa shape index (κ2) is 6.32. The molecule has 1 fully saturated rings. The van der Waals surface area contributed by atoms with Crippen LogP contribution in [0.2, 0.25) is 0 Å². The van der Waals surface area contributed by atoms with Gasteiger partial charge >= 0.3 is 0 Å². The summed E-state index contributed by atoms with van der Waals surface area (Å²) in [4.78, 5) is 11.3. The van der Waals surface area contributed by atoms with Crippen LogP contribution in [0.25, 0.3) is 11.1 Å². The van der Waals surface area contributed by atoms with E-state index < -0.39 is 0 Å². The molecule has 5 nitrogen and oxygen atoms in total. The van der Waals surface area contributed by atoms with Crippen LogP contribution < -0.4 is 4.74 Å². The molecule has 1 saturated heterocycles. The second-order valence-electron chi connectivity index (χ2n) is 5.59. The molecule has 0 N–H and O–H groups in total. The minimum absolute atomic E-state index is 0.396. The highest BCUT2D eigenvalue weighted by atomic mass is 16.5. The Kier molecular flexibility index (Phi) is 4.24. The van der Waals surface area contributed by atoms with Crippen molar-refractivity contribution in [1.29, 1.82) is 0 Å². The molecular weight excluding hydrogens is 280 g/mol. The van der Waals surface area contributed by atoms with Crippen molar-refractivity contribution in [3.05, 3.63) is 35.7 Å². The first-order valence-electron chi connectivity index (χ1n) is 7.49. The van der Waals surface area contributed by atoms with Gasteiger partial charge in [-0.1, -0.05) is 0 Å². The van der Waals surface area contributed by atoms with Crippen LogP contribution in [0.1, 0.15) is 34.8 Å². The second-order valence-corrected chi connectivity index (χ2v) is 5.59. The molecule has 0 bridgehead atoms. The van der Waals surface area contributed by atoms with Crippen molar-refractivity contribution in [2.45, 2.75) is 25.8 Å². The Morgan fingerprint density at radius 2 is 2.09 bits per heavy atom. The van der Waals surface area contributed by atoms with Crippen molar-refractivity contribution >= 4 is 6.29 Å². The van der Waals surface area contributed by atoms with Crippen molar-refractivity contribution in [3.63, 3.8) is 0 Å². The van der Waals surface area contributed by atoms with E-state index in [2.05, 4.69) is 5.10 Å². The van der Waals surface area contributed by atoms with Gasteiger partial charge in [0, 0.05) is 25.0 Å². The van der Waals surface area contributed by atoms with E-state index in [-0.39, 0.29) is 0 Å². The Morgan fingerprint density at radius 3 is 2.77 bits per heavy atom. The number of carbonyl (C=O) groups is 1. The van der Waals surface area contributed by atoms with E-state index in [0.717, 1.165) is 49.0 Å². The van der Waals surface area contributed by atoms with Gasteiger partial charge in [0.15, 0.2) is 6.29 Å². The lowest BCUT2D eigenvalue weighted by molar-refractivity contribution is 0.0662. The summed E-state index contributed by atoms with van der Waals surface area (Å²) in [7, 11) is 1.58. The number of nitrogens with zero attached hydrogens (tertiary/aromatic N) is 2. The third-order valence-electron chi connectivity index (χ3n) is 4.13. The topological polar surface area (TPSA) is 53.4 Å². The molecule has 1 aliphatic heterocycles. The van der Waals surface area contributed by atoms with Crippen LogP contribution in [0.4, 0.5) is 0 Å². The van der Waals surface area contributed by atoms with E-state index in [9.17, 15) is 4.79 Å². The SMILES string of the molecule is COc1c(C)cc(-c2cnn(C3CCOCC3)c2)cc1C=O. The van der Waals surface area contributed by atoms with Crippen LogP contribution in [0.3, 0.4) is 0 Å². The summed E-state index contributed by atoms with van der Waals surface area (Å²) >= 11 is 0. The summed E-state index contributed by atoms with van der Waals surface area (Å²) in [6.07, 6.45) is 6.71. The maximum atomic E-state index is 11.3. The zero-order valence-corrected chi connectivity index (χ0v) is 12.9. The normalized spacial score (nSPS) is 15.7. The molecular formula is C17H20N2O3. The van der Waals surface area contributed by atoms with Gasteiger partial charge in [-0.25, -0.2) is 0 Å². The van der Waals surface area contributed by atoms with Crippen LogP contribution in [0.15, 0.2) is 24.5 Å². The molecule has 1 aromatic heterocycles. The molecule has 22 heavy (non-hydrogen) atoms. The molecule has 0 radical (unpaired) electrons. The number of ether oxygens (including phenoxy) is 2.